The molecule has 3 aromatic rings. The van der Waals surface area contributed by atoms with Crippen molar-refractivity contribution in [2.45, 2.75) is 20.0 Å². The van der Waals surface area contributed by atoms with Crippen LogP contribution in [-0.4, -0.2) is 17.9 Å². The van der Waals surface area contributed by atoms with Crippen LogP contribution in [0.2, 0.25) is 0 Å². The summed E-state index contributed by atoms with van der Waals surface area (Å²) in [6.07, 6.45) is -0.640. The number of aryl methyl sites for hydroxylation is 1. The number of carbonyl (C=O) groups excluding carboxylic acids is 2. The van der Waals surface area contributed by atoms with Crippen LogP contribution in [0.3, 0.4) is 0 Å². The van der Waals surface area contributed by atoms with E-state index in [1.807, 2.05) is 49.4 Å². The van der Waals surface area contributed by atoms with Crippen LogP contribution in [0.5, 0.6) is 5.75 Å². The maximum Gasteiger partial charge on any atom is 0.265 e. The van der Waals surface area contributed by atoms with Crippen molar-refractivity contribution in [3.63, 3.8) is 0 Å². The molecule has 142 valence electrons. The van der Waals surface area contributed by atoms with Crippen LogP contribution in [0.1, 0.15) is 22.8 Å². The van der Waals surface area contributed by atoms with Gasteiger partial charge in [-0.2, -0.15) is 0 Å². The molecule has 0 unspecified atom stereocenters. The molecule has 5 heteroatoms. The second-order valence-corrected chi connectivity index (χ2v) is 6.46. The van der Waals surface area contributed by atoms with Crippen LogP contribution in [0.4, 0.5) is 11.4 Å². The molecule has 0 aliphatic carbocycles. The van der Waals surface area contributed by atoms with Crippen molar-refractivity contribution in [1.82, 2.24) is 0 Å². The molecule has 0 bridgehead atoms. The minimum Gasteiger partial charge on any atom is -0.481 e. The van der Waals surface area contributed by atoms with E-state index in [0.717, 1.165) is 5.56 Å². The molecule has 0 saturated heterocycles. The number of benzene rings is 3. The lowest BCUT2D eigenvalue weighted by molar-refractivity contribution is -0.122. The zero-order valence-corrected chi connectivity index (χ0v) is 15.8. The summed E-state index contributed by atoms with van der Waals surface area (Å²) >= 11 is 0. The maximum atomic E-state index is 12.3. The predicted octanol–water partition coefficient (Wildman–Crippen LogP) is 4.65. The third-order valence-electron chi connectivity index (χ3n) is 4.12. The van der Waals surface area contributed by atoms with E-state index in [2.05, 4.69) is 10.6 Å². The van der Waals surface area contributed by atoms with Crippen molar-refractivity contribution in [2.24, 2.45) is 0 Å². The summed E-state index contributed by atoms with van der Waals surface area (Å²) < 4.78 is 5.69. The Labute approximate surface area is 164 Å². The highest BCUT2D eigenvalue weighted by Gasteiger charge is 2.15. The van der Waals surface area contributed by atoms with Crippen molar-refractivity contribution in [3.05, 3.63) is 90.0 Å². The van der Waals surface area contributed by atoms with Gasteiger partial charge < -0.3 is 15.4 Å². The number of ether oxygens (including phenoxy) is 1. The number of nitrogens with one attached hydrogen (secondary N) is 2. The molecule has 0 radical (unpaired) electrons. The van der Waals surface area contributed by atoms with E-state index in [0.29, 0.717) is 22.7 Å². The average Bonchev–Trinajstić information content (AvgIpc) is 2.70. The number of carbonyl (C=O) groups is 2. The Bertz CT molecular complexity index is 953. The highest BCUT2D eigenvalue weighted by atomic mass is 16.5. The van der Waals surface area contributed by atoms with Gasteiger partial charge in [0.15, 0.2) is 6.10 Å². The van der Waals surface area contributed by atoms with E-state index in [4.69, 9.17) is 4.74 Å². The Balaban J connectivity index is 1.56. The van der Waals surface area contributed by atoms with E-state index < -0.39 is 6.10 Å². The van der Waals surface area contributed by atoms with Gasteiger partial charge in [-0.25, -0.2) is 0 Å². The SMILES string of the molecule is Cc1cccc(O[C@@H](C)C(=O)Nc2ccc(NC(=O)c3ccccc3)cc2)c1. The second-order valence-electron chi connectivity index (χ2n) is 6.46. The molecule has 0 spiro atoms. The van der Waals surface area contributed by atoms with Crippen LogP contribution in [-0.2, 0) is 4.79 Å². The van der Waals surface area contributed by atoms with Gasteiger partial charge in [0, 0.05) is 16.9 Å². The highest BCUT2D eigenvalue weighted by Crippen LogP contribution is 2.17. The second kappa shape index (κ2) is 8.86. The van der Waals surface area contributed by atoms with Gasteiger partial charge in [0.25, 0.3) is 11.8 Å². The minimum absolute atomic E-state index is 0.183. The molecule has 0 saturated carbocycles. The summed E-state index contributed by atoms with van der Waals surface area (Å²) in [5, 5.41) is 5.64. The smallest absolute Gasteiger partial charge is 0.265 e. The van der Waals surface area contributed by atoms with Crippen molar-refractivity contribution in [1.29, 1.82) is 0 Å². The van der Waals surface area contributed by atoms with Crippen LogP contribution >= 0.6 is 0 Å². The molecular weight excluding hydrogens is 352 g/mol. The van der Waals surface area contributed by atoms with Gasteiger partial charge in [-0.05, 0) is 67.9 Å². The quantitative estimate of drug-likeness (QED) is 0.660. The van der Waals surface area contributed by atoms with Gasteiger partial charge in [-0.3, -0.25) is 9.59 Å². The largest absolute Gasteiger partial charge is 0.481 e. The Kier molecular flexibility index (Phi) is 6.07. The van der Waals surface area contributed by atoms with Gasteiger partial charge in [0.05, 0.1) is 0 Å². The van der Waals surface area contributed by atoms with Gasteiger partial charge >= 0.3 is 0 Å². The normalized spacial score (nSPS) is 11.4. The zero-order chi connectivity index (χ0) is 19.9. The first-order valence-electron chi connectivity index (χ1n) is 9.02. The van der Waals surface area contributed by atoms with Crippen LogP contribution in [0.25, 0.3) is 0 Å². The first-order chi connectivity index (χ1) is 13.5. The summed E-state index contributed by atoms with van der Waals surface area (Å²) in [5.74, 6) is 0.224. The first kappa shape index (κ1) is 19.2. The molecule has 2 amide bonds. The molecule has 0 aliphatic rings. The van der Waals surface area contributed by atoms with Gasteiger partial charge in [-0.1, -0.05) is 30.3 Å². The molecular formula is C23H22N2O3. The standard InChI is InChI=1S/C23H22N2O3/c1-16-7-6-10-21(15-16)28-17(2)22(26)24-19-11-13-20(14-12-19)25-23(27)18-8-4-3-5-9-18/h3-15,17H,1-2H3,(H,24,26)(H,25,27)/t17-/m0/s1. The molecule has 0 heterocycles. The summed E-state index contributed by atoms with van der Waals surface area (Å²) in [6.45, 7) is 3.67. The summed E-state index contributed by atoms with van der Waals surface area (Å²) in [6, 6.07) is 23.5. The van der Waals surface area contributed by atoms with E-state index in [1.54, 1.807) is 43.3 Å². The number of hydrogen-bond acceptors (Lipinski definition) is 3. The third kappa shape index (κ3) is 5.20. The lowest BCUT2D eigenvalue weighted by Gasteiger charge is -2.15. The van der Waals surface area contributed by atoms with E-state index in [9.17, 15) is 9.59 Å². The monoisotopic (exact) mass is 374 g/mol. The number of rotatable bonds is 6. The lowest BCUT2D eigenvalue weighted by atomic mass is 10.2. The first-order valence-corrected chi connectivity index (χ1v) is 9.02. The van der Waals surface area contributed by atoms with Crippen molar-refractivity contribution in [3.8, 4) is 5.75 Å². The van der Waals surface area contributed by atoms with Gasteiger partial charge in [0.2, 0.25) is 0 Å². The fraction of sp³-hybridized carbons (Fsp3) is 0.130. The molecule has 5 nitrogen and oxygen atoms in total. The van der Waals surface area contributed by atoms with E-state index in [-0.39, 0.29) is 11.8 Å². The molecule has 28 heavy (non-hydrogen) atoms. The third-order valence-corrected chi connectivity index (χ3v) is 4.12. The topological polar surface area (TPSA) is 67.4 Å². The average molecular weight is 374 g/mol. The molecule has 3 aromatic carbocycles. The van der Waals surface area contributed by atoms with E-state index in [1.165, 1.54) is 0 Å². The lowest BCUT2D eigenvalue weighted by Crippen LogP contribution is -2.30. The van der Waals surface area contributed by atoms with Crippen molar-refractivity contribution in [2.75, 3.05) is 10.6 Å². The van der Waals surface area contributed by atoms with E-state index >= 15 is 0 Å². The van der Waals surface area contributed by atoms with Crippen LogP contribution < -0.4 is 15.4 Å². The van der Waals surface area contributed by atoms with Crippen molar-refractivity contribution < 1.29 is 14.3 Å². The Morgan fingerprint density at radius 1 is 0.821 bits per heavy atom. The summed E-state index contributed by atoms with van der Waals surface area (Å²) in [5.41, 5.74) is 2.93. The zero-order valence-electron chi connectivity index (χ0n) is 15.8. The fourth-order valence-corrected chi connectivity index (χ4v) is 2.62. The fourth-order valence-electron chi connectivity index (χ4n) is 2.62. The molecule has 2 N–H and O–H groups in total. The Hall–Kier alpha value is -3.60. The van der Waals surface area contributed by atoms with Crippen molar-refractivity contribution >= 4 is 23.2 Å². The summed E-state index contributed by atoms with van der Waals surface area (Å²) in [7, 11) is 0. The summed E-state index contributed by atoms with van der Waals surface area (Å²) in [4.78, 5) is 24.5. The molecule has 0 aromatic heterocycles. The predicted molar refractivity (Wildman–Crippen MR) is 111 cm³/mol. The highest BCUT2D eigenvalue weighted by molar-refractivity contribution is 6.04. The Morgan fingerprint density at radius 2 is 1.46 bits per heavy atom. The van der Waals surface area contributed by atoms with Crippen LogP contribution in [0, 0.1) is 6.92 Å². The van der Waals surface area contributed by atoms with Gasteiger partial charge in [0.1, 0.15) is 5.75 Å². The number of hydrogen-bond donors (Lipinski definition) is 2. The molecule has 3 rings (SSSR count). The van der Waals surface area contributed by atoms with Crippen LogP contribution in [0.15, 0.2) is 78.9 Å². The molecule has 1 atom stereocenters. The minimum atomic E-state index is -0.640. The Morgan fingerprint density at radius 3 is 2.11 bits per heavy atom. The molecule has 0 fully saturated rings. The number of amides is 2. The molecule has 0 aliphatic heterocycles. The van der Waals surface area contributed by atoms with Gasteiger partial charge in [-0.15, -0.1) is 0 Å². The maximum absolute atomic E-state index is 12.3. The number of anilines is 2.